The Morgan fingerprint density at radius 1 is 1.31 bits per heavy atom. The molecule has 0 aromatic carbocycles. The van der Waals surface area contributed by atoms with Crippen LogP contribution in [0.25, 0.3) is 22.4 Å². The number of fused-ring (bicyclic) bond motifs is 1. The molecule has 0 radical (unpaired) electrons. The third kappa shape index (κ3) is 5.42. The lowest BCUT2D eigenvalue weighted by molar-refractivity contribution is -0.154. The minimum absolute atomic E-state index is 0.0274. The minimum atomic E-state index is -4.68. The number of aromatic amines is 1. The molecule has 13 heteroatoms. The van der Waals surface area contributed by atoms with Crippen LogP contribution < -0.4 is 5.32 Å². The van der Waals surface area contributed by atoms with Crippen LogP contribution in [0.3, 0.4) is 0 Å². The Kier molecular flexibility index (Phi) is 6.72. The Hall–Kier alpha value is -3.95. The van der Waals surface area contributed by atoms with E-state index in [-0.39, 0.29) is 35.7 Å². The Morgan fingerprint density at radius 2 is 2.06 bits per heavy atom. The number of H-pyrrole nitrogens is 1. The maximum absolute atomic E-state index is 13.3. The molecule has 0 unspecified atom stereocenters. The molecule has 184 valence electrons. The van der Waals surface area contributed by atoms with Gasteiger partial charge >= 0.3 is 6.18 Å². The zero-order valence-electron chi connectivity index (χ0n) is 18.8. The predicted octanol–water partition coefficient (Wildman–Crippen LogP) is 2.65. The highest BCUT2D eigenvalue weighted by atomic mass is 19.4. The van der Waals surface area contributed by atoms with Crippen molar-refractivity contribution in [3.8, 4) is 17.3 Å². The van der Waals surface area contributed by atoms with Crippen LogP contribution in [0.5, 0.6) is 0 Å². The van der Waals surface area contributed by atoms with Gasteiger partial charge in [-0.3, -0.25) is 14.3 Å². The summed E-state index contributed by atoms with van der Waals surface area (Å²) >= 11 is 0. The van der Waals surface area contributed by atoms with Crippen molar-refractivity contribution in [1.29, 1.82) is 5.26 Å². The number of carbonyl (C=O) groups is 2. The first-order chi connectivity index (χ1) is 16.7. The zero-order chi connectivity index (χ0) is 25.2. The molecule has 10 nitrogen and oxygen atoms in total. The van der Waals surface area contributed by atoms with Crippen molar-refractivity contribution in [2.75, 3.05) is 13.1 Å². The molecule has 1 aliphatic heterocycles. The van der Waals surface area contributed by atoms with E-state index in [2.05, 4.69) is 31.4 Å². The molecular weight excluding hydrogens is 465 g/mol. The third-order valence-corrected chi connectivity index (χ3v) is 5.91. The highest BCUT2D eigenvalue weighted by Gasteiger charge is 2.39. The molecule has 35 heavy (non-hydrogen) atoms. The van der Waals surface area contributed by atoms with E-state index in [9.17, 15) is 22.8 Å². The topological polar surface area (TPSA) is 133 Å². The summed E-state index contributed by atoms with van der Waals surface area (Å²) in [7, 11) is 0. The van der Waals surface area contributed by atoms with Crippen molar-refractivity contribution >= 4 is 23.0 Å². The van der Waals surface area contributed by atoms with Gasteiger partial charge in [-0.2, -0.15) is 23.5 Å². The van der Waals surface area contributed by atoms with Crippen LogP contribution in [-0.4, -0.2) is 66.8 Å². The number of alkyl halides is 3. The molecule has 2 N–H and O–H groups in total. The average Bonchev–Trinajstić information content (AvgIpc) is 3.49. The van der Waals surface area contributed by atoms with E-state index in [1.807, 2.05) is 6.92 Å². The van der Waals surface area contributed by atoms with Gasteiger partial charge in [0.1, 0.15) is 11.6 Å². The summed E-state index contributed by atoms with van der Waals surface area (Å²) in [5, 5.41) is 15.4. The van der Waals surface area contributed by atoms with E-state index in [1.54, 1.807) is 17.1 Å². The number of hydrogen-bond donors (Lipinski definition) is 2. The van der Waals surface area contributed by atoms with Gasteiger partial charge in [0, 0.05) is 43.5 Å². The van der Waals surface area contributed by atoms with Crippen LogP contribution in [0.1, 0.15) is 36.5 Å². The fourth-order valence-electron chi connectivity index (χ4n) is 3.99. The molecular formula is C22H23F3N8O2. The highest BCUT2D eigenvalue weighted by Crippen LogP contribution is 2.25. The monoisotopic (exact) mass is 488 g/mol. The number of hydrogen-bond acceptors (Lipinski definition) is 6. The van der Waals surface area contributed by atoms with Crippen molar-refractivity contribution in [2.24, 2.45) is 5.92 Å². The van der Waals surface area contributed by atoms with Gasteiger partial charge in [-0.25, -0.2) is 9.97 Å². The van der Waals surface area contributed by atoms with Crippen molar-refractivity contribution in [2.45, 2.75) is 44.9 Å². The van der Waals surface area contributed by atoms with Gasteiger partial charge in [-0.05, 0) is 19.8 Å². The van der Waals surface area contributed by atoms with Crippen LogP contribution in [-0.2, 0) is 11.3 Å². The number of rotatable bonds is 6. The number of likely N-dealkylation sites (tertiary alicyclic amines) is 1. The molecule has 4 rings (SSSR count). The molecule has 0 bridgehead atoms. The van der Waals surface area contributed by atoms with E-state index in [1.165, 1.54) is 17.3 Å². The summed E-state index contributed by atoms with van der Waals surface area (Å²) in [5.41, 5.74) is 1.52. The Labute approximate surface area is 198 Å². The number of nitrogens with one attached hydrogen (secondary N) is 2. The van der Waals surface area contributed by atoms with Crippen molar-refractivity contribution in [1.82, 2.24) is 34.9 Å². The largest absolute Gasteiger partial charge is 0.391 e. The van der Waals surface area contributed by atoms with Gasteiger partial charge < -0.3 is 15.2 Å². The summed E-state index contributed by atoms with van der Waals surface area (Å²) in [6, 6.07) is 0.309. The van der Waals surface area contributed by atoms with Gasteiger partial charge in [0.05, 0.1) is 36.1 Å². The number of carbonyl (C=O) groups excluding carboxylic acids is 2. The number of aryl methyl sites for hydroxylation is 1. The summed E-state index contributed by atoms with van der Waals surface area (Å²) in [4.78, 5) is 38.6. The first kappa shape index (κ1) is 24.2. The van der Waals surface area contributed by atoms with E-state index < -0.39 is 30.5 Å². The Bertz CT molecular complexity index is 1270. The second-order valence-corrected chi connectivity index (χ2v) is 8.31. The highest BCUT2D eigenvalue weighted by molar-refractivity contribution is 6.06. The molecule has 1 fully saturated rings. The number of nitriles is 1. The summed E-state index contributed by atoms with van der Waals surface area (Å²) in [5.74, 6) is -1.94. The van der Waals surface area contributed by atoms with E-state index in [4.69, 9.17) is 5.26 Å². The quantitative estimate of drug-likeness (QED) is 0.548. The van der Waals surface area contributed by atoms with E-state index in [0.29, 0.717) is 30.6 Å². The lowest BCUT2D eigenvalue weighted by Crippen LogP contribution is -2.52. The predicted molar refractivity (Wildman–Crippen MR) is 118 cm³/mol. The summed E-state index contributed by atoms with van der Waals surface area (Å²) in [6.07, 6.45) is 0.728. The van der Waals surface area contributed by atoms with Gasteiger partial charge in [0.25, 0.3) is 5.91 Å². The van der Waals surface area contributed by atoms with Gasteiger partial charge in [0.2, 0.25) is 5.91 Å². The number of nitrogens with zero attached hydrogens (tertiary/aromatic N) is 6. The van der Waals surface area contributed by atoms with Crippen LogP contribution >= 0.6 is 0 Å². The van der Waals surface area contributed by atoms with E-state index in [0.717, 1.165) is 0 Å². The second kappa shape index (κ2) is 9.73. The minimum Gasteiger partial charge on any atom is -0.344 e. The van der Waals surface area contributed by atoms with Gasteiger partial charge in [-0.15, -0.1) is 0 Å². The molecule has 3 aromatic heterocycles. The van der Waals surface area contributed by atoms with Crippen LogP contribution in [0.4, 0.5) is 13.2 Å². The Morgan fingerprint density at radius 3 is 2.69 bits per heavy atom. The molecule has 1 aliphatic rings. The van der Waals surface area contributed by atoms with E-state index >= 15 is 0 Å². The van der Waals surface area contributed by atoms with Crippen LogP contribution in [0.15, 0.2) is 24.8 Å². The molecule has 0 saturated carbocycles. The Balaban J connectivity index is 1.57. The SMILES string of the molecule is CCn1cc(-c2cnc3[nH]cc(C(=O)N[C@H](CC(F)(F)F)C(=O)N4CCC(C#N)CC4)c3n2)cn1. The zero-order valence-corrected chi connectivity index (χ0v) is 18.8. The smallest absolute Gasteiger partial charge is 0.344 e. The van der Waals surface area contributed by atoms with Crippen molar-refractivity contribution in [3.05, 3.63) is 30.4 Å². The maximum atomic E-state index is 13.3. The lowest BCUT2D eigenvalue weighted by atomic mass is 9.97. The van der Waals surface area contributed by atoms with Crippen LogP contribution in [0.2, 0.25) is 0 Å². The van der Waals surface area contributed by atoms with Crippen molar-refractivity contribution in [3.63, 3.8) is 0 Å². The molecule has 0 spiro atoms. The summed E-state index contributed by atoms with van der Waals surface area (Å²) < 4.78 is 41.5. The molecule has 0 aliphatic carbocycles. The first-order valence-corrected chi connectivity index (χ1v) is 11.1. The number of amides is 2. The fraction of sp³-hybridized carbons (Fsp3) is 0.455. The first-order valence-electron chi connectivity index (χ1n) is 11.1. The van der Waals surface area contributed by atoms with Crippen molar-refractivity contribution < 1.29 is 22.8 Å². The molecule has 3 aromatic rings. The molecule has 2 amide bonds. The second-order valence-electron chi connectivity index (χ2n) is 8.31. The third-order valence-electron chi connectivity index (χ3n) is 5.91. The fourth-order valence-corrected chi connectivity index (χ4v) is 3.99. The number of halogens is 3. The average molecular weight is 488 g/mol. The number of piperidine rings is 1. The summed E-state index contributed by atoms with van der Waals surface area (Å²) in [6.45, 7) is 2.89. The normalized spacial score (nSPS) is 15.7. The molecule has 4 heterocycles. The maximum Gasteiger partial charge on any atom is 0.391 e. The molecule has 1 atom stereocenters. The lowest BCUT2D eigenvalue weighted by Gasteiger charge is -2.32. The van der Waals surface area contributed by atoms with Gasteiger partial charge in [-0.1, -0.05) is 0 Å². The van der Waals surface area contributed by atoms with Crippen LogP contribution in [0, 0.1) is 17.2 Å². The standard InChI is InChI=1S/C22H23F3N8O2/c1-2-33-12-14(9-29-33)17-11-28-19-18(30-17)15(10-27-19)20(34)31-16(7-22(23,24)25)21(35)32-5-3-13(8-26)4-6-32/h9-13,16H,2-7H2,1H3,(H,27,28)(H,31,34)/t16-/m1/s1. The van der Waals surface area contributed by atoms with Gasteiger partial charge in [0.15, 0.2) is 5.65 Å². The number of aromatic nitrogens is 5. The molecule has 1 saturated heterocycles.